The topological polar surface area (TPSA) is 106 Å². The van der Waals surface area contributed by atoms with Crippen molar-refractivity contribution >= 4 is 12.8 Å². The predicted molar refractivity (Wildman–Crippen MR) is 55.7 cm³/mol. The average Bonchev–Trinajstić information content (AvgIpc) is 2.08. The summed E-state index contributed by atoms with van der Waals surface area (Å²) < 4.78 is 0. The number of benzene rings is 1. The largest absolute Gasteiger partial charge is 0.508 e. The molecule has 0 aliphatic carbocycles. The van der Waals surface area contributed by atoms with Crippen molar-refractivity contribution in [3.8, 4) is 5.75 Å². The van der Waals surface area contributed by atoms with Crippen LogP contribution in [0.25, 0.3) is 0 Å². The molecular formula is C9H16N2O3. The first-order valence-corrected chi connectivity index (χ1v) is 3.20. The van der Waals surface area contributed by atoms with Crippen LogP contribution in [0.1, 0.15) is 7.43 Å². The minimum Gasteiger partial charge on any atom is -0.508 e. The van der Waals surface area contributed by atoms with Gasteiger partial charge in [0.2, 0.25) is 0 Å². The van der Waals surface area contributed by atoms with Gasteiger partial charge in [-0.15, -0.1) is 0 Å². The van der Waals surface area contributed by atoms with E-state index >= 15 is 0 Å². The average molecular weight is 200 g/mol. The molecule has 0 bridgehead atoms. The first-order chi connectivity index (χ1) is 6.13. The SMILES string of the molecule is C.C=O.NC(N)=O.Oc1ccccc1. The van der Waals surface area contributed by atoms with Gasteiger partial charge in [-0.05, 0) is 12.1 Å². The lowest BCUT2D eigenvalue weighted by Gasteiger charge is -1.82. The van der Waals surface area contributed by atoms with E-state index in [1.54, 1.807) is 24.3 Å². The van der Waals surface area contributed by atoms with E-state index < -0.39 is 6.03 Å². The molecule has 0 aromatic heterocycles. The molecule has 14 heavy (non-hydrogen) atoms. The number of para-hydroxylation sites is 1. The van der Waals surface area contributed by atoms with E-state index in [-0.39, 0.29) is 7.43 Å². The summed E-state index contributed by atoms with van der Waals surface area (Å²) >= 11 is 0. The maximum atomic E-state index is 9.00. The van der Waals surface area contributed by atoms with Gasteiger partial charge in [-0.25, -0.2) is 4.79 Å². The fraction of sp³-hybridized carbons (Fsp3) is 0.111. The van der Waals surface area contributed by atoms with Gasteiger partial charge in [-0.2, -0.15) is 0 Å². The number of hydrogen-bond acceptors (Lipinski definition) is 3. The lowest BCUT2D eigenvalue weighted by Crippen LogP contribution is -2.18. The van der Waals surface area contributed by atoms with Crippen LogP contribution >= 0.6 is 0 Å². The van der Waals surface area contributed by atoms with Gasteiger partial charge in [0.1, 0.15) is 12.5 Å². The Kier molecular flexibility index (Phi) is 17.3. The van der Waals surface area contributed by atoms with Crippen LogP contribution in [0.15, 0.2) is 30.3 Å². The van der Waals surface area contributed by atoms with Crippen LogP contribution in [0.4, 0.5) is 4.79 Å². The number of rotatable bonds is 0. The quantitative estimate of drug-likeness (QED) is 0.578. The highest BCUT2D eigenvalue weighted by Gasteiger charge is 1.74. The fourth-order valence-electron chi connectivity index (χ4n) is 0.428. The Morgan fingerprint density at radius 2 is 1.43 bits per heavy atom. The van der Waals surface area contributed by atoms with E-state index in [0.717, 1.165) is 0 Å². The molecule has 5 nitrogen and oxygen atoms in total. The molecule has 0 saturated heterocycles. The summed E-state index contributed by atoms with van der Waals surface area (Å²) in [5, 5.41) is 8.63. The number of carbonyl (C=O) groups excluding carboxylic acids is 2. The molecule has 80 valence electrons. The van der Waals surface area contributed by atoms with E-state index in [1.807, 2.05) is 12.9 Å². The Labute approximate surface area is 83.3 Å². The third-order valence-electron chi connectivity index (χ3n) is 0.756. The summed E-state index contributed by atoms with van der Waals surface area (Å²) in [5.41, 5.74) is 8.50. The van der Waals surface area contributed by atoms with E-state index in [9.17, 15) is 0 Å². The molecule has 0 fully saturated rings. The van der Waals surface area contributed by atoms with Crippen molar-refractivity contribution in [3.05, 3.63) is 30.3 Å². The van der Waals surface area contributed by atoms with Crippen molar-refractivity contribution in [2.75, 3.05) is 0 Å². The standard InChI is InChI=1S/C6H6O.CH4N2O.CH2O.CH4/c7-6-4-2-1-3-5-6;2-1(3)4;1-2;/h1-5,7H;(H4,2,3,4);1H2;1H4. The predicted octanol–water partition coefficient (Wildman–Crippen LogP) is 0.867. The highest BCUT2D eigenvalue weighted by Crippen LogP contribution is 2.02. The second kappa shape index (κ2) is 13.5. The number of phenolic OH excluding ortho intramolecular Hbond substituents is 1. The highest BCUT2D eigenvalue weighted by molar-refractivity contribution is 5.69. The summed E-state index contributed by atoms with van der Waals surface area (Å²) in [6.45, 7) is 2.00. The summed E-state index contributed by atoms with van der Waals surface area (Å²) in [7, 11) is 0. The van der Waals surface area contributed by atoms with Crippen LogP contribution in [0, 0.1) is 0 Å². The summed E-state index contributed by atoms with van der Waals surface area (Å²) in [6, 6.07) is 7.88. The molecule has 0 atom stereocenters. The molecule has 5 N–H and O–H groups in total. The normalized spacial score (nSPS) is 6.29. The van der Waals surface area contributed by atoms with Crippen molar-refractivity contribution in [3.63, 3.8) is 0 Å². The van der Waals surface area contributed by atoms with E-state index in [4.69, 9.17) is 14.7 Å². The molecule has 0 aliphatic rings. The van der Waals surface area contributed by atoms with Crippen LogP contribution in [-0.4, -0.2) is 17.9 Å². The summed E-state index contributed by atoms with van der Waals surface area (Å²) in [4.78, 5) is 17.0. The minimum absolute atomic E-state index is 0. The Balaban J connectivity index is -0.000000152. The summed E-state index contributed by atoms with van der Waals surface area (Å²) in [6.07, 6.45) is 0. The highest BCUT2D eigenvalue weighted by atomic mass is 16.3. The zero-order valence-electron chi connectivity index (χ0n) is 7.01. The molecule has 2 amide bonds. The number of hydrogen-bond donors (Lipinski definition) is 3. The molecule has 0 aliphatic heterocycles. The van der Waals surface area contributed by atoms with Crippen molar-refractivity contribution in [1.29, 1.82) is 0 Å². The van der Waals surface area contributed by atoms with Crippen LogP contribution in [-0.2, 0) is 4.79 Å². The monoisotopic (exact) mass is 200 g/mol. The molecule has 1 rings (SSSR count). The van der Waals surface area contributed by atoms with Gasteiger partial charge in [0.15, 0.2) is 0 Å². The molecule has 0 radical (unpaired) electrons. The third kappa shape index (κ3) is 22.5. The number of carbonyl (C=O) groups is 2. The first kappa shape index (κ1) is 17.9. The second-order valence-electron chi connectivity index (χ2n) is 1.74. The van der Waals surface area contributed by atoms with Crippen LogP contribution in [0.5, 0.6) is 5.75 Å². The number of aromatic hydroxyl groups is 1. The van der Waals surface area contributed by atoms with E-state index in [0.29, 0.717) is 5.75 Å². The zero-order valence-corrected chi connectivity index (χ0v) is 7.01. The van der Waals surface area contributed by atoms with Crippen molar-refractivity contribution < 1.29 is 14.7 Å². The van der Waals surface area contributed by atoms with Crippen molar-refractivity contribution in [2.45, 2.75) is 7.43 Å². The molecule has 0 saturated carbocycles. The van der Waals surface area contributed by atoms with Crippen LogP contribution in [0.3, 0.4) is 0 Å². The Hall–Kier alpha value is -2.04. The molecule has 0 unspecified atom stereocenters. The minimum atomic E-state index is -0.833. The molecular weight excluding hydrogens is 184 g/mol. The number of urea groups is 1. The molecule has 1 aromatic rings. The smallest absolute Gasteiger partial charge is 0.309 e. The van der Waals surface area contributed by atoms with Crippen molar-refractivity contribution in [1.82, 2.24) is 0 Å². The van der Waals surface area contributed by atoms with Gasteiger partial charge in [0.25, 0.3) is 0 Å². The van der Waals surface area contributed by atoms with Gasteiger partial charge < -0.3 is 21.4 Å². The number of primary amides is 2. The van der Waals surface area contributed by atoms with Gasteiger partial charge in [0, 0.05) is 0 Å². The van der Waals surface area contributed by atoms with Crippen LogP contribution in [0.2, 0.25) is 0 Å². The number of nitrogens with two attached hydrogens (primary N) is 2. The Morgan fingerprint density at radius 1 is 1.14 bits per heavy atom. The fourth-order valence-corrected chi connectivity index (χ4v) is 0.428. The van der Waals surface area contributed by atoms with Gasteiger partial charge in [0.05, 0.1) is 0 Å². The molecule has 1 aromatic carbocycles. The second-order valence-corrected chi connectivity index (χ2v) is 1.74. The summed E-state index contributed by atoms with van der Waals surface area (Å²) in [5.74, 6) is 0.322. The maximum absolute atomic E-state index is 9.00. The lowest BCUT2D eigenvalue weighted by atomic mass is 10.3. The van der Waals surface area contributed by atoms with Gasteiger partial charge in [-0.1, -0.05) is 25.6 Å². The Bertz CT molecular complexity index is 223. The Morgan fingerprint density at radius 3 is 1.57 bits per heavy atom. The van der Waals surface area contributed by atoms with Gasteiger partial charge in [-0.3, -0.25) is 0 Å². The molecule has 5 heteroatoms. The molecule has 0 spiro atoms. The van der Waals surface area contributed by atoms with E-state index in [2.05, 4.69) is 11.5 Å². The van der Waals surface area contributed by atoms with Crippen molar-refractivity contribution in [2.24, 2.45) is 11.5 Å². The zero-order chi connectivity index (χ0) is 10.7. The van der Waals surface area contributed by atoms with E-state index in [1.165, 1.54) is 0 Å². The van der Waals surface area contributed by atoms with Crippen LogP contribution < -0.4 is 11.5 Å². The number of phenols is 1. The third-order valence-corrected chi connectivity index (χ3v) is 0.756. The van der Waals surface area contributed by atoms with Gasteiger partial charge >= 0.3 is 6.03 Å². The number of amides is 2. The molecule has 0 heterocycles. The lowest BCUT2D eigenvalue weighted by molar-refractivity contribution is -0.0979. The first-order valence-electron chi connectivity index (χ1n) is 3.20. The maximum Gasteiger partial charge on any atom is 0.309 e.